The van der Waals surface area contributed by atoms with Crippen molar-refractivity contribution >= 4 is 0 Å². The number of hydrogen-bond acceptors (Lipinski definition) is 2. The molecular formula is C25H25N3. The zero-order chi connectivity index (χ0) is 19.0. The van der Waals surface area contributed by atoms with Gasteiger partial charge in [-0.3, -0.25) is 4.90 Å². The lowest BCUT2D eigenvalue weighted by molar-refractivity contribution is 0.238. The van der Waals surface area contributed by atoms with Crippen LogP contribution in [0, 0.1) is 0 Å². The predicted octanol–water partition coefficient (Wildman–Crippen LogP) is 5.13. The van der Waals surface area contributed by atoms with Crippen molar-refractivity contribution in [2.75, 3.05) is 0 Å². The molecule has 0 saturated heterocycles. The largest absolute Gasteiger partial charge is 0.329 e. The molecule has 3 nitrogen and oxygen atoms in total. The Labute approximate surface area is 166 Å². The highest BCUT2D eigenvalue weighted by Crippen LogP contribution is 2.14. The second-order valence-electron chi connectivity index (χ2n) is 7.07. The van der Waals surface area contributed by atoms with Gasteiger partial charge in [-0.2, -0.15) is 0 Å². The number of benzene rings is 3. The molecule has 0 fully saturated rings. The summed E-state index contributed by atoms with van der Waals surface area (Å²) in [5.74, 6) is 1.09. The summed E-state index contributed by atoms with van der Waals surface area (Å²) in [5, 5.41) is 0. The van der Waals surface area contributed by atoms with Crippen LogP contribution in [-0.2, 0) is 26.2 Å². The Morgan fingerprint density at radius 1 is 0.607 bits per heavy atom. The maximum absolute atomic E-state index is 4.66. The molecule has 0 unspecified atom stereocenters. The molecule has 4 rings (SSSR count). The number of hydrogen-bond donors (Lipinski definition) is 0. The topological polar surface area (TPSA) is 21.1 Å². The second-order valence-corrected chi connectivity index (χ2v) is 7.07. The third kappa shape index (κ3) is 4.96. The van der Waals surface area contributed by atoms with Crippen molar-refractivity contribution in [3.8, 4) is 0 Å². The zero-order valence-electron chi connectivity index (χ0n) is 16.0. The van der Waals surface area contributed by atoms with Crippen molar-refractivity contribution in [3.63, 3.8) is 0 Å². The van der Waals surface area contributed by atoms with Gasteiger partial charge in [-0.25, -0.2) is 4.98 Å². The molecule has 0 N–H and O–H groups in total. The highest BCUT2D eigenvalue weighted by atomic mass is 15.2. The molecular weight excluding hydrogens is 342 g/mol. The lowest BCUT2D eigenvalue weighted by Gasteiger charge is -2.23. The maximum Gasteiger partial charge on any atom is 0.123 e. The molecule has 0 atom stereocenters. The van der Waals surface area contributed by atoms with E-state index in [0.717, 1.165) is 32.0 Å². The van der Waals surface area contributed by atoms with Crippen LogP contribution >= 0.6 is 0 Å². The first-order valence-electron chi connectivity index (χ1n) is 9.71. The summed E-state index contributed by atoms with van der Waals surface area (Å²) >= 11 is 0. The van der Waals surface area contributed by atoms with E-state index in [2.05, 4.69) is 112 Å². The molecule has 0 radical (unpaired) electrons. The van der Waals surface area contributed by atoms with Crippen LogP contribution < -0.4 is 0 Å². The minimum atomic E-state index is 0.809. The monoisotopic (exact) mass is 367 g/mol. The van der Waals surface area contributed by atoms with E-state index in [1.54, 1.807) is 0 Å². The fourth-order valence-electron chi connectivity index (χ4n) is 3.47. The Morgan fingerprint density at radius 2 is 1.11 bits per heavy atom. The highest BCUT2D eigenvalue weighted by Gasteiger charge is 2.12. The summed E-state index contributed by atoms with van der Waals surface area (Å²) < 4.78 is 2.25. The van der Waals surface area contributed by atoms with Crippen molar-refractivity contribution in [1.82, 2.24) is 14.5 Å². The fraction of sp³-hybridized carbons (Fsp3) is 0.160. The van der Waals surface area contributed by atoms with Gasteiger partial charge in [-0.1, -0.05) is 91.0 Å². The lowest BCUT2D eigenvalue weighted by atomic mass is 10.1. The van der Waals surface area contributed by atoms with Gasteiger partial charge in [0.1, 0.15) is 5.82 Å². The summed E-state index contributed by atoms with van der Waals surface area (Å²) in [5.41, 5.74) is 3.93. The third-order valence-corrected chi connectivity index (χ3v) is 4.86. The van der Waals surface area contributed by atoms with Gasteiger partial charge >= 0.3 is 0 Å². The first kappa shape index (κ1) is 18.2. The minimum absolute atomic E-state index is 0.809. The molecule has 0 spiro atoms. The first-order chi connectivity index (χ1) is 13.9. The van der Waals surface area contributed by atoms with Crippen molar-refractivity contribution in [2.24, 2.45) is 0 Å². The number of rotatable bonds is 8. The van der Waals surface area contributed by atoms with E-state index in [4.69, 9.17) is 0 Å². The second kappa shape index (κ2) is 9.16. The number of nitrogens with zero attached hydrogens (tertiary/aromatic N) is 3. The zero-order valence-corrected chi connectivity index (χ0v) is 16.0. The van der Waals surface area contributed by atoms with Gasteiger partial charge < -0.3 is 4.57 Å². The van der Waals surface area contributed by atoms with Gasteiger partial charge in [0.05, 0.1) is 6.54 Å². The normalized spacial score (nSPS) is 11.0. The van der Waals surface area contributed by atoms with Crippen molar-refractivity contribution < 1.29 is 0 Å². The molecule has 28 heavy (non-hydrogen) atoms. The molecule has 0 aliphatic carbocycles. The van der Waals surface area contributed by atoms with Crippen LogP contribution in [0.15, 0.2) is 103 Å². The SMILES string of the molecule is c1ccc(CN(Cc2ccccc2)Cc2nccn2Cc2ccccc2)cc1. The smallest absolute Gasteiger partial charge is 0.123 e. The van der Waals surface area contributed by atoms with E-state index in [-0.39, 0.29) is 0 Å². The van der Waals surface area contributed by atoms with Crippen LogP contribution in [0.5, 0.6) is 0 Å². The van der Waals surface area contributed by atoms with Gasteiger partial charge in [0.25, 0.3) is 0 Å². The molecule has 3 heteroatoms. The average molecular weight is 367 g/mol. The first-order valence-corrected chi connectivity index (χ1v) is 9.71. The third-order valence-electron chi connectivity index (χ3n) is 4.86. The van der Waals surface area contributed by atoms with Crippen LogP contribution in [0.3, 0.4) is 0 Å². The summed E-state index contributed by atoms with van der Waals surface area (Å²) in [6, 6.07) is 31.9. The minimum Gasteiger partial charge on any atom is -0.329 e. The van der Waals surface area contributed by atoms with Crippen LogP contribution in [0.25, 0.3) is 0 Å². The van der Waals surface area contributed by atoms with E-state index in [9.17, 15) is 0 Å². The summed E-state index contributed by atoms with van der Waals surface area (Å²) in [4.78, 5) is 7.11. The maximum atomic E-state index is 4.66. The standard InChI is InChI=1S/C25H25N3/c1-4-10-22(11-5-1)18-27(19-23-12-6-2-7-13-23)21-25-26-16-17-28(25)20-24-14-8-3-9-15-24/h1-17H,18-21H2. The van der Waals surface area contributed by atoms with E-state index in [0.29, 0.717) is 0 Å². The molecule has 1 heterocycles. The van der Waals surface area contributed by atoms with Crippen LogP contribution in [0.1, 0.15) is 22.5 Å². The Bertz CT molecular complexity index is 921. The van der Waals surface area contributed by atoms with Crippen molar-refractivity contribution in [1.29, 1.82) is 0 Å². The Hall–Kier alpha value is -3.17. The molecule has 0 amide bonds. The van der Waals surface area contributed by atoms with Gasteiger partial charge in [-0.05, 0) is 16.7 Å². The quantitative estimate of drug-likeness (QED) is 0.430. The van der Waals surface area contributed by atoms with Gasteiger partial charge in [0.15, 0.2) is 0 Å². The van der Waals surface area contributed by atoms with Gasteiger partial charge in [0.2, 0.25) is 0 Å². The molecule has 0 saturated carbocycles. The van der Waals surface area contributed by atoms with E-state index in [1.165, 1.54) is 16.7 Å². The molecule has 0 aliphatic heterocycles. The van der Waals surface area contributed by atoms with Crippen LogP contribution in [0.4, 0.5) is 0 Å². The van der Waals surface area contributed by atoms with Crippen LogP contribution in [-0.4, -0.2) is 14.5 Å². The fourth-order valence-corrected chi connectivity index (χ4v) is 3.47. The van der Waals surface area contributed by atoms with E-state index < -0.39 is 0 Å². The summed E-state index contributed by atoms with van der Waals surface area (Å²) in [6.45, 7) is 3.45. The molecule has 3 aromatic carbocycles. The average Bonchev–Trinajstić information content (AvgIpc) is 3.17. The number of aromatic nitrogens is 2. The lowest BCUT2D eigenvalue weighted by Crippen LogP contribution is -2.24. The summed E-state index contributed by atoms with van der Waals surface area (Å²) in [6.07, 6.45) is 3.98. The predicted molar refractivity (Wildman–Crippen MR) is 114 cm³/mol. The van der Waals surface area contributed by atoms with Gasteiger partial charge in [0, 0.05) is 32.0 Å². The van der Waals surface area contributed by atoms with Crippen molar-refractivity contribution in [3.05, 3.63) is 126 Å². The van der Waals surface area contributed by atoms with Gasteiger partial charge in [-0.15, -0.1) is 0 Å². The molecule has 0 bridgehead atoms. The Balaban J connectivity index is 1.53. The van der Waals surface area contributed by atoms with E-state index >= 15 is 0 Å². The molecule has 0 aliphatic rings. The Kier molecular flexibility index (Phi) is 5.95. The summed E-state index contributed by atoms with van der Waals surface area (Å²) in [7, 11) is 0. The van der Waals surface area contributed by atoms with Crippen LogP contribution in [0.2, 0.25) is 0 Å². The Morgan fingerprint density at radius 3 is 1.64 bits per heavy atom. The number of imidazole rings is 1. The molecule has 140 valence electrons. The molecule has 4 aromatic rings. The van der Waals surface area contributed by atoms with Crippen molar-refractivity contribution in [2.45, 2.75) is 26.2 Å². The molecule has 1 aromatic heterocycles. The van der Waals surface area contributed by atoms with E-state index in [1.807, 2.05) is 6.20 Å². The highest BCUT2D eigenvalue weighted by molar-refractivity contribution is 5.18.